The Labute approximate surface area is 100 Å². The molecule has 5 heteroatoms. The van der Waals surface area contributed by atoms with Gasteiger partial charge >= 0.3 is 0 Å². The highest BCUT2D eigenvalue weighted by Crippen LogP contribution is 2.16. The Balaban J connectivity index is 1.95. The summed E-state index contributed by atoms with van der Waals surface area (Å²) >= 11 is 0. The van der Waals surface area contributed by atoms with Crippen LogP contribution in [-0.2, 0) is 13.7 Å². The molecule has 0 bridgehead atoms. The molecule has 0 aliphatic heterocycles. The molecular weight excluding hydrogens is 216 g/mol. The normalized spacial score (nSPS) is 12.4. The molecule has 0 saturated carbocycles. The van der Waals surface area contributed by atoms with Crippen LogP contribution in [0.15, 0.2) is 30.5 Å². The molecule has 0 radical (unpaired) electrons. The van der Waals surface area contributed by atoms with E-state index in [1.807, 2.05) is 44.4 Å². The third kappa shape index (κ3) is 3.04. The van der Waals surface area contributed by atoms with Crippen molar-refractivity contribution in [2.45, 2.75) is 19.6 Å². The molecule has 1 aromatic heterocycles. The maximum Gasteiger partial charge on any atom is 0.134 e. The summed E-state index contributed by atoms with van der Waals surface area (Å²) in [4.78, 5) is 0. The molecule has 1 heterocycles. The van der Waals surface area contributed by atoms with Gasteiger partial charge in [0.05, 0.1) is 6.20 Å². The van der Waals surface area contributed by atoms with E-state index in [9.17, 15) is 0 Å². The summed E-state index contributed by atoms with van der Waals surface area (Å²) in [5.41, 5.74) is 7.67. The van der Waals surface area contributed by atoms with Crippen molar-refractivity contribution < 1.29 is 4.74 Å². The van der Waals surface area contributed by atoms with Gasteiger partial charge in [-0.2, -0.15) is 0 Å². The monoisotopic (exact) mass is 232 g/mol. The number of ether oxygens (including phenoxy) is 1. The topological polar surface area (TPSA) is 66.0 Å². The molecule has 2 rings (SSSR count). The lowest BCUT2D eigenvalue weighted by Crippen LogP contribution is -2.04. The Kier molecular flexibility index (Phi) is 3.39. The number of aryl methyl sites for hydroxylation is 1. The van der Waals surface area contributed by atoms with Gasteiger partial charge in [-0.1, -0.05) is 17.3 Å². The van der Waals surface area contributed by atoms with Crippen LogP contribution in [0, 0.1) is 0 Å². The van der Waals surface area contributed by atoms with Crippen LogP contribution in [0.5, 0.6) is 5.75 Å². The summed E-state index contributed by atoms with van der Waals surface area (Å²) in [6.45, 7) is 2.38. The van der Waals surface area contributed by atoms with E-state index in [4.69, 9.17) is 10.5 Å². The minimum atomic E-state index is 0.0454. The summed E-state index contributed by atoms with van der Waals surface area (Å²) < 4.78 is 7.23. The van der Waals surface area contributed by atoms with Crippen LogP contribution < -0.4 is 10.5 Å². The van der Waals surface area contributed by atoms with E-state index in [0.29, 0.717) is 6.61 Å². The summed E-state index contributed by atoms with van der Waals surface area (Å²) in [7, 11) is 1.83. The van der Waals surface area contributed by atoms with Gasteiger partial charge in [0.25, 0.3) is 0 Å². The summed E-state index contributed by atoms with van der Waals surface area (Å²) in [6.07, 6.45) is 1.83. The van der Waals surface area contributed by atoms with Gasteiger partial charge in [-0.25, -0.2) is 0 Å². The second kappa shape index (κ2) is 4.97. The predicted molar refractivity (Wildman–Crippen MR) is 64.4 cm³/mol. The summed E-state index contributed by atoms with van der Waals surface area (Å²) in [5, 5.41) is 7.78. The molecule has 17 heavy (non-hydrogen) atoms. The number of hydrogen-bond donors (Lipinski definition) is 1. The molecule has 1 unspecified atom stereocenters. The highest BCUT2D eigenvalue weighted by Gasteiger charge is 2.02. The molecule has 0 aliphatic rings. The smallest absolute Gasteiger partial charge is 0.134 e. The van der Waals surface area contributed by atoms with Crippen LogP contribution in [0.25, 0.3) is 0 Å². The van der Waals surface area contributed by atoms with Crippen molar-refractivity contribution in [2.24, 2.45) is 12.8 Å². The molecule has 1 atom stereocenters. The van der Waals surface area contributed by atoms with Gasteiger partial charge < -0.3 is 10.5 Å². The van der Waals surface area contributed by atoms with Gasteiger partial charge in [-0.05, 0) is 24.6 Å². The molecule has 0 amide bonds. The van der Waals surface area contributed by atoms with E-state index in [1.54, 1.807) is 4.68 Å². The SMILES string of the molecule is CC(N)c1ccc(OCc2cn(C)nn2)cc1. The number of benzene rings is 1. The lowest BCUT2D eigenvalue weighted by molar-refractivity contribution is 0.301. The van der Waals surface area contributed by atoms with Crippen molar-refractivity contribution in [3.05, 3.63) is 41.7 Å². The minimum absolute atomic E-state index is 0.0454. The van der Waals surface area contributed by atoms with Crippen LogP contribution >= 0.6 is 0 Å². The Morgan fingerprint density at radius 2 is 2.06 bits per heavy atom. The first-order valence-corrected chi connectivity index (χ1v) is 5.48. The van der Waals surface area contributed by atoms with Gasteiger partial charge in [0.1, 0.15) is 18.1 Å². The number of nitrogens with zero attached hydrogens (tertiary/aromatic N) is 3. The fourth-order valence-corrected chi connectivity index (χ4v) is 1.49. The van der Waals surface area contributed by atoms with Crippen molar-refractivity contribution in [1.29, 1.82) is 0 Å². The van der Waals surface area contributed by atoms with Gasteiger partial charge in [-0.3, -0.25) is 4.68 Å². The average Bonchev–Trinajstić information content (AvgIpc) is 2.73. The number of rotatable bonds is 4. The van der Waals surface area contributed by atoms with Gasteiger partial charge in [0, 0.05) is 13.1 Å². The van der Waals surface area contributed by atoms with Crippen molar-refractivity contribution in [1.82, 2.24) is 15.0 Å². The van der Waals surface area contributed by atoms with Crippen molar-refractivity contribution in [3.8, 4) is 5.75 Å². The van der Waals surface area contributed by atoms with E-state index in [1.165, 1.54) is 0 Å². The van der Waals surface area contributed by atoms with Crippen molar-refractivity contribution in [3.63, 3.8) is 0 Å². The average molecular weight is 232 g/mol. The Hall–Kier alpha value is -1.88. The van der Waals surface area contributed by atoms with Gasteiger partial charge in [0.2, 0.25) is 0 Å². The fourth-order valence-electron chi connectivity index (χ4n) is 1.49. The molecule has 5 nitrogen and oxygen atoms in total. The van der Waals surface area contributed by atoms with E-state index in [-0.39, 0.29) is 6.04 Å². The molecule has 0 aliphatic carbocycles. The molecule has 1 aromatic carbocycles. The zero-order chi connectivity index (χ0) is 12.3. The zero-order valence-corrected chi connectivity index (χ0v) is 10.00. The maximum absolute atomic E-state index is 5.77. The number of nitrogens with two attached hydrogens (primary N) is 1. The first kappa shape index (κ1) is 11.6. The standard InChI is InChI=1S/C12H16N4O/c1-9(13)10-3-5-12(6-4-10)17-8-11-7-16(2)15-14-11/h3-7,9H,8,13H2,1-2H3. The maximum atomic E-state index is 5.77. The first-order valence-electron chi connectivity index (χ1n) is 5.48. The van der Waals surface area contributed by atoms with Crippen molar-refractivity contribution in [2.75, 3.05) is 0 Å². The van der Waals surface area contributed by atoms with Gasteiger partial charge in [0.15, 0.2) is 0 Å². The Morgan fingerprint density at radius 1 is 1.35 bits per heavy atom. The number of hydrogen-bond acceptors (Lipinski definition) is 4. The second-order valence-electron chi connectivity index (χ2n) is 4.03. The van der Waals surface area contributed by atoms with Gasteiger partial charge in [-0.15, -0.1) is 5.10 Å². The van der Waals surface area contributed by atoms with E-state index in [2.05, 4.69) is 10.3 Å². The summed E-state index contributed by atoms with van der Waals surface area (Å²) in [5.74, 6) is 0.806. The predicted octanol–water partition coefficient (Wildman–Crippen LogP) is 1.41. The van der Waals surface area contributed by atoms with Crippen LogP contribution in [0.3, 0.4) is 0 Å². The second-order valence-corrected chi connectivity index (χ2v) is 4.03. The molecule has 0 saturated heterocycles. The summed E-state index contributed by atoms with van der Waals surface area (Å²) in [6, 6.07) is 7.81. The third-order valence-electron chi connectivity index (χ3n) is 2.44. The highest BCUT2D eigenvalue weighted by molar-refractivity contribution is 5.28. The molecule has 0 fully saturated rings. The lowest BCUT2D eigenvalue weighted by atomic mass is 10.1. The number of aromatic nitrogens is 3. The van der Waals surface area contributed by atoms with E-state index in [0.717, 1.165) is 17.0 Å². The van der Waals surface area contributed by atoms with Crippen molar-refractivity contribution >= 4 is 0 Å². The van der Waals surface area contributed by atoms with E-state index < -0.39 is 0 Å². The third-order valence-corrected chi connectivity index (χ3v) is 2.44. The molecular formula is C12H16N4O. The lowest BCUT2D eigenvalue weighted by Gasteiger charge is -2.07. The highest BCUT2D eigenvalue weighted by atomic mass is 16.5. The quantitative estimate of drug-likeness (QED) is 0.865. The van der Waals surface area contributed by atoms with Crippen LogP contribution in [0.4, 0.5) is 0 Å². The Morgan fingerprint density at radius 3 is 2.59 bits per heavy atom. The van der Waals surface area contributed by atoms with E-state index >= 15 is 0 Å². The molecule has 0 spiro atoms. The first-order chi connectivity index (χ1) is 8.15. The minimum Gasteiger partial charge on any atom is -0.487 e. The fraction of sp³-hybridized carbons (Fsp3) is 0.333. The van der Waals surface area contributed by atoms with Crippen LogP contribution in [0.2, 0.25) is 0 Å². The molecule has 2 aromatic rings. The van der Waals surface area contributed by atoms with Crippen LogP contribution in [-0.4, -0.2) is 15.0 Å². The molecule has 2 N–H and O–H groups in total. The molecule has 90 valence electrons. The zero-order valence-electron chi connectivity index (χ0n) is 10.00. The largest absolute Gasteiger partial charge is 0.487 e. The van der Waals surface area contributed by atoms with Crippen LogP contribution in [0.1, 0.15) is 24.2 Å². The Bertz CT molecular complexity index is 476.